The first kappa shape index (κ1) is 17.2. The molecule has 1 aliphatic rings. The van der Waals surface area contributed by atoms with Crippen LogP contribution in [-0.4, -0.2) is 27.0 Å². The molecule has 0 aliphatic carbocycles. The van der Waals surface area contributed by atoms with Crippen LogP contribution in [-0.2, 0) is 0 Å². The van der Waals surface area contributed by atoms with Crippen LogP contribution in [0.1, 0.15) is 17.3 Å². The number of aliphatic imine (C=N–C) groups is 1. The lowest BCUT2D eigenvalue weighted by atomic mass is 10.1. The van der Waals surface area contributed by atoms with Gasteiger partial charge in [-0.05, 0) is 54.6 Å². The van der Waals surface area contributed by atoms with E-state index in [1.807, 2.05) is 61.5 Å². The molecule has 1 aliphatic heterocycles. The molecular weight excluding hydrogens is 340 g/mol. The predicted octanol–water partition coefficient (Wildman–Crippen LogP) is 3.91. The van der Waals surface area contributed by atoms with Gasteiger partial charge in [-0.25, -0.2) is 0 Å². The molecule has 2 heterocycles. The molecular formula is C21H22N4O2. The van der Waals surface area contributed by atoms with Crippen LogP contribution >= 0.6 is 0 Å². The zero-order chi connectivity index (χ0) is 19.0. The number of ether oxygens (including phenoxy) is 1. The predicted molar refractivity (Wildman–Crippen MR) is 108 cm³/mol. The number of nitrogens with zero attached hydrogens (tertiary/aromatic N) is 3. The number of rotatable bonds is 4. The molecule has 6 nitrogen and oxygen atoms in total. The second-order valence-corrected chi connectivity index (χ2v) is 6.57. The number of amidine groups is 1. The fraction of sp³-hybridized carbons (Fsp3) is 0.190. The summed E-state index contributed by atoms with van der Waals surface area (Å²) in [6, 6.07) is 17.9. The summed E-state index contributed by atoms with van der Waals surface area (Å²) < 4.78 is 10.8. The SMILES string of the molecule is COc1ccc(N2C(c3ccc(N(C)C)cc3)=Nc3occc3C2N)cc1. The number of methoxy groups -OCH3 is 1. The first-order chi connectivity index (χ1) is 13.1. The minimum atomic E-state index is -0.395. The molecule has 1 unspecified atom stereocenters. The molecule has 0 radical (unpaired) electrons. The van der Waals surface area contributed by atoms with E-state index in [1.54, 1.807) is 13.4 Å². The van der Waals surface area contributed by atoms with Crippen LogP contribution in [0.25, 0.3) is 0 Å². The molecule has 3 aromatic rings. The van der Waals surface area contributed by atoms with Gasteiger partial charge in [0.2, 0.25) is 5.88 Å². The van der Waals surface area contributed by atoms with E-state index in [9.17, 15) is 0 Å². The van der Waals surface area contributed by atoms with Crippen molar-refractivity contribution in [2.45, 2.75) is 6.17 Å². The maximum atomic E-state index is 6.59. The Morgan fingerprint density at radius 1 is 1.04 bits per heavy atom. The Kier molecular flexibility index (Phi) is 4.33. The van der Waals surface area contributed by atoms with Crippen LogP contribution < -0.4 is 20.3 Å². The minimum Gasteiger partial charge on any atom is -0.497 e. The third-order valence-electron chi connectivity index (χ3n) is 4.70. The lowest BCUT2D eigenvalue weighted by molar-refractivity contribution is 0.415. The third kappa shape index (κ3) is 3.04. The van der Waals surface area contributed by atoms with Gasteiger partial charge < -0.3 is 24.7 Å². The van der Waals surface area contributed by atoms with Gasteiger partial charge >= 0.3 is 0 Å². The number of nitrogens with two attached hydrogens (primary N) is 1. The number of anilines is 2. The molecule has 0 bridgehead atoms. The Hall–Kier alpha value is -3.25. The van der Waals surface area contributed by atoms with Crippen molar-refractivity contribution in [2.24, 2.45) is 10.7 Å². The van der Waals surface area contributed by atoms with Gasteiger partial charge in [0.05, 0.1) is 18.9 Å². The summed E-state index contributed by atoms with van der Waals surface area (Å²) in [5, 5.41) is 0. The largest absolute Gasteiger partial charge is 0.497 e. The van der Waals surface area contributed by atoms with Gasteiger partial charge in [-0.3, -0.25) is 0 Å². The summed E-state index contributed by atoms with van der Waals surface area (Å²) in [5.41, 5.74) is 10.5. The van der Waals surface area contributed by atoms with E-state index < -0.39 is 6.17 Å². The van der Waals surface area contributed by atoms with Gasteiger partial charge in [0.1, 0.15) is 17.8 Å². The third-order valence-corrected chi connectivity index (χ3v) is 4.70. The van der Waals surface area contributed by atoms with Crippen LogP contribution in [0.4, 0.5) is 17.3 Å². The zero-order valence-electron chi connectivity index (χ0n) is 15.6. The van der Waals surface area contributed by atoms with Crippen molar-refractivity contribution < 1.29 is 9.15 Å². The van der Waals surface area contributed by atoms with Crippen molar-refractivity contribution in [3.05, 3.63) is 72.0 Å². The van der Waals surface area contributed by atoms with Crippen molar-refractivity contribution in [3.8, 4) is 5.75 Å². The van der Waals surface area contributed by atoms with Crippen molar-refractivity contribution in [3.63, 3.8) is 0 Å². The molecule has 138 valence electrons. The normalized spacial score (nSPS) is 15.9. The van der Waals surface area contributed by atoms with Gasteiger partial charge in [0.25, 0.3) is 0 Å². The molecule has 0 saturated heterocycles. The standard InChI is InChI=1S/C21H22N4O2/c1-24(2)15-6-4-14(5-7-15)20-23-21-18(12-13-27-21)19(22)25(20)16-8-10-17(26-3)11-9-16/h4-13,19H,22H2,1-3H3. The molecule has 6 heteroatoms. The summed E-state index contributed by atoms with van der Waals surface area (Å²) in [6.07, 6.45) is 1.23. The lowest BCUT2D eigenvalue weighted by Gasteiger charge is -2.34. The molecule has 0 spiro atoms. The molecule has 1 aromatic heterocycles. The summed E-state index contributed by atoms with van der Waals surface area (Å²) in [5.74, 6) is 2.10. The zero-order valence-corrected chi connectivity index (χ0v) is 15.6. The van der Waals surface area contributed by atoms with Gasteiger partial charge in [-0.1, -0.05) is 0 Å². The highest BCUT2D eigenvalue weighted by Crippen LogP contribution is 2.38. The topological polar surface area (TPSA) is 67.2 Å². The first-order valence-corrected chi connectivity index (χ1v) is 8.71. The lowest BCUT2D eigenvalue weighted by Crippen LogP contribution is -2.41. The van der Waals surface area contributed by atoms with E-state index in [0.717, 1.165) is 34.1 Å². The van der Waals surface area contributed by atoms with Gasteiger partial charge in [0.15, 0.2) is 0 Å². The number of hydrogen-bond acceptors (Lipinski definition) is 6. The smallest absolute Gasteiger partial charge is 0.227 e. The average molecular weight is 362 g/mol. The van der Waals surface area contributed by atoms with E-state index in [0.29, 0.717) is 5.88 Å². The Bertz CT molecular complexity index is 959. The van der Waals surface area contributed by atoms with Crippen molar-refractivity contribution >= 4 is 23.1 Å². The minimum absolute atomic E-state index is 0.395. The Balaban J connectivity index is 1.81. The van der Waals surface area contributed by atoms with E-state index in [4.69, 9.17) is 19.9 Å². The molecule has 0 fully saturated rings. The maximum Gasteiger partial charge on any atom is 0.227 e. The Labute approximate surface area is 158 Å². The molecule has 1 atom stereocenters. The monoisotopic (exact) mass is 362 g/mol. The van der Waals surface area contributed by atoms with E-state index >= 15 is 0 Å². The van der Waals surface area contributed by atoms with Gasteiger partial charge in [-0.15, -0.1) is 0 Å². The second kappa shape index (κ2) is 6.81. The van der Waals surface area contributed by atoms with Crippen LogP contribution in [0.15, 0.2) is 70.3 Å². The average Bonchev–Trinajstić information content (AvgIpc) is 3.17. The van der Waals surface area contributed by atoms with E-state index in [-0.39, 0.29) is 0 Å². The number of benzene rings is 2. The van der Waals surface area contributed by atoms with Crippen molar-refractivity contribution in [1.29, 1.82) is 0 Å². The molecule has 2 aromatic carbocycles. The maximum absolute atomic E-state index is 6.59. The molecule has 4 rings (SSSR count). The highest BCUT2D eigenvalue weighted by molar-refractivity contribution is 6.12. The van der Waals surface area contributed by atoms with Crippen LogP contribution in [0.3, 0.4) is 0 Å². The summed E-state index contributed by atoms with van der Waals surface area (Å²) in [7, 11) is 5.68. The van der Waals surface area contributed by atoms with E-state index in [2.05, 4.69) is 17.0 Å². The van der Waals surface area contributed by atoms with Crippen LogP contribution in [0.5, 0.6) is 5.75 Å². The fourth-order valence-corrected chi connectivity index (χ4v) is 3.19. The van der Waals surface area contributed by atoms with Crippen molar-refractivity contribution in [1.82, 2.24) is 0 Å². The number of furan rings is 1. The summed E-state index contributed by atoms with van der Waals surface area (Å²) in [6.45, 7) is 0. The highest BCUT2D eigenvalue weighted by Gasteiger charge is 2.31. The second-order valence-electron chi connectivity index (χ2n) is 6.57. The van der Waals surface area contributed by atoms with E-state index in [1.165, 1.54) is 0 Å². The first-order valence-electron chi connectivity index (χ1n) is 8.71. The summed E-state index contributed by atoms with van der Waals surface area (Å²) in [4.78, 5) is 8.83. The van der Waals surface area contributed by atoms with Crippen LogP contribution in [0.2, 0.25) is 0 Å². The number of hydrogen-bond donors (Lipinski definition) is 1. The van der Waals surface area contributed by atoms with Crippen LogP contribution in [0, 0.1) is 0 Å². The molecule has 0 saturated carbocycles. The fourth-order valence-electron chi connectivity index (χ4n) is 3.19. The van der Waals surface area contributed by atoms with Gasteiger partial charge in [0, 0.05) is 31.0 Å². The quantitative estimate of drug-likeness (QED) is 0.762. The van der Waals surface area contributed by atoms with Crippen molar-refractivity contribution in [2.75, 3.05) is 31.0 Å². The highest BCUT2D eigenvalue weighted by atomic mass is 16.5. The molecule has 27 heavy (non-hydrogen) atoms. The number of fused-ring (bicyclic) bond motifs is 1. The Morgan fingerprint density at radius 3 is 2.37 bits per heavy atom. The molecule has 2 N–H and O–H groups in total. The Morgan fingerprint density at radius 2 is 1.74 bits per heavy atom. The summed E-state index contributed by atoms with van der Waals surface area (Å²) >= 11 is 0. The van der Waals surface area contributed by atoms with Gasteiger partial charge in [-0.2, -0.15) is 4.99 Å². The molecule has 0 amide bonds.